The lowest BCUT2D eigenvalue weighted by Crippen LogP contribution is -2.42. The van der Waals surface area contributed by atoms with E-state index in [4.69, 9.17) is 0 Å². The minimum Gasteiger partial charge on any atom is -0.435 e. The number of amides is 2. The van der Waals surface area contributed by atoms with Crippen molar-refractivity contribution in [2.24, 2.45) is 0 Å². The molecule has 2 aromatic carbocycles. The molecule has 0 aliphatic heterocycles. The molecule has 2 aromatic rings. The van der Waals surface area contributed by atoms with E-state index in [9.17, 15) is 27.2 Å². The summed E-state index contributed by atoms with van der Waals surface area (Å²) < 4.78 is 57.4. The first-order valence-electron chi connectivity index (χ1n) is 10.0. The predicted octanol–water partition coefficient (Wildman–Crippen LogP) is 3.53. The van der Waals surface area contributed by atoms with Gasteiger partial charge < -0.3 is 20.1 Å². The highest BCUT2D eigenvalue weighted by Gasteiger charge is 2.43. The van der Waals surface area contributed by atoms with Crippen LogP contribution in [-0.2, 0) is 9.59 Å². The molecule has 0 radical (unpaired) electrons. The minimum atomic E-state index is -2.89. The second kappa shape index (κ2) is 9.05. The Balaban J connectivity index is 1.21. The average molecular weight is 452 g/mol. The van der Waals surface area contributed by atoms with E-state index in [0.29, 0.717) is 12.8 Å². The van der Waals surface area contributed by atoms with Gasteiger partial charge in [0.25, 0.3) is 0 Å². The first-order valence-corrected chi connectivity index (χ1v) is 10.0. The van der Waals surface area contributed by atoms with Crippen LogP contribution in [0, 0.1) is 0 Å². The lowest BCUT2D eigenvalue weighted by molar-refractivity contribution is -0.139. The molecule has 0 aromatic heterocycles. The summed E-state index contributed by atoms with van der Waals surface area (Å²) in [6.45, 7) is -5.78. The summed E-state index contributed by atoms with van der Waals surface area (Å²) in [6, 6.07) is 12.0. The van der Waals surface area contributed by atoms with Crippen LogP contribution < -0.4 is 20.1 Å². The molecule has 10 heteroatoms. The minimum absolute atomic E-state index is 0.00926. The maximum absolute atomic E-state index is 12.2. The molecule has 0 heterocycles. The number of rotatable bonds is 8. The summed E-state index contributed by atoms with van der Waals surface area (Å²) in [5.41, 5.74) is 1.72. The van der Waals surface area contributed by atoms with Crippen LogP contribution >= 0.6 is 0 Å². The Morgan fingerprint density at radius 1 is 0.688 bits per heavy atom. The van der Waals surface area contributed by atoms with Crippen molar-refractivity contribution < 1.29 is 36.6 Å². The van der Waals surface area contributed by atoms with Crippen LogP contribution in [0.3, 0.4) is 0 Å². The van der Waals surface area contributed by atoms with Gasteiger partial charge in [-0.3, -0.25) is 9.59 Å². The third kappa shape index (κ3) is 5.49. The molecule has 2 saturated carbocycles. The number of carbonyl (C=O) groups is 2. The van der Waals surface area contributed by atoms with E-state index in [0.717, 1.165) is 11.1 Å². The highest BCUT2D eigenvalue weighted by Crippen LogP contribution is 2.42. The van der Waals surface area contributed by atoms with Gasteiger partial charge in [-0.05, 0) is 48.2 Å². The third-order valence-electron chi connectivity index (χ3n) is 5.49. The van der Waals surface area contributed by atoms with E-state index >= 15 is 0 Å². The zero-order valence-electron chi connectivity index (χ0n) is 16.6. The molecule has 2 aliphatic rings. The SMILES string of the molecule is O=C(N[C@@H]1C[C@H]1c1ccc(OC(F)F)cc1)C(=O)N[C@@H]1C[C@H]1c1ccc(OC(F)F)cc1. The number of nitrogens with one attached hydrogen (secondary N) is 2. The van der Waals surface area contributed by atoms with Crippen molar-refractivity contribution in [1.29, 1.82) is 0 Å². The number of halogens is 4. The summed E-state index contributed by atoms with van der Waals surface area (Å²) in [5.74, 6) is -1.34. The van der Waals surface area contributed by atoms with Gasteiger partial charge in [0.15, 0.2) is 0 Å². The number of ether oxygens (including phenoxy) is 2. The van der Waals surface area contributed by atoms with E-state index in [2.05, 4.69) is 20.1 Å². The average Bonchev–Trinajstić information content (AvgIpc) is 3.65. The zero-order chi connectivity index (χ0) is 22.8. The van der Waals surface area contributed by atoms with Gasteiger partial charge in [-0.25, -0.2) is 0 Å². The van der Waals surface area contributed by atoms with Gasteiger partial charge in [-0.2, -0.15) is 17.6 Å². The summed E-state index contributed by atoms with van der Waals surface area (Å²) >= 11 is 0. The molecule has 0 spiro atoms. The van der Waals surface area contributed by atoms with E-state index < -0.39 is 25.0 Å². The Bertz CT molecular complexity index is 889. The lowest BCUT2D eigenvalue weighted by atomic mass is 10.1. The number of alkyl halides is 4. The molecular formula is C22H20F4N2O4. The highest BCUT2D eigenvalue weighted by atomic mass is 19.3. The molecule has 4 rings (SSSR count). The van der Waals surface area contributed by atoms with Crippen molar-refractivity contribution in [2.45, 2.75) is 50.0 Å². The third-order valence-corrected chi connectivity index (χ3v) is 5.49. The normalized spacial score (nSPS) is 23.6. The Labute approximate surface area is 180 Å². The Kier molecular flexibility index (Phi) is 6.20. The van der Waals surface area contributed by atoms with Crippen LogP contribution in [0.4, 0.5) is 17.6 Å². The highest BCUT2D eigenvalue weighted by molar-refractivity contribution is 6.35. The Hall–Kier alpha value is -3.30. The zero-order valence-corrected chi connectivity index (χ0v) is 16.6. The second-order valence-corrected chi connectivity index (χ2v) is 7.74. The smallest absolute Gasteiger partial charge is 0.387 e. The van der Waals surface area contributed by atoms with Gasteiger partial charge in [0.2, 0.25) is 0 Å². The number of hydrogen-bond donors (Lipinski definition) is 2. The van der Waals surface area contributed by atoms with E-state index in [1.165, 1.54) is 24.3 Å². The Morgan fingerprint density at radius 3 is 1.34 bits per heavy atom. The fourth-order valence-electron chi connectivity index (χ4n) is 3.71. The van der Waals surface area contributed by atoms with Crippen molar-refractivity contribution in [2.75, 3.05) is 0 Å². The van der Waals surface area contributed by atoms with Crippen LogP contribution in [-0.4, -0.2) is 37.1 Å². The van der Waals surface area contributed by atoms with Crippen LogP contribution in [0.5, 0.6) is 11.5 Å². The Morgan fingerprint density at radius 2 is 1.03 bits per heavy atom. The van der Waals surface area contributed by atoms with Gasteiger partial charge in [0, 0.05) is 23.9 Å². The second-order valence-electron chi connectivity index (χ2n) is 7.74. The largest absolute Gasteiger partial charge is 0.435 e. The summed E-state index contributed by atoms with van der Waals surface area (Å²) in [5, 5.41) is 5.35. The number of benzene rings is 2. The maximum atomic E-state index is 12.2. The van der Waals surface area contributed by atoms with Crippen molar-refractivity contribution in [1.82, 2.24) is 10.6 Å². The van der Waals surface area contributed by atoms with Crippen molar-refractivity contribution in [3.05, 3.63) is 59.7 Å². The molecule has 170 valence electrons. The van der Waals surface area contributed by atoms with E-state index in [1.54, 1.807) is 24.3 Å². The summed E-state index contributed by atoms with van der Waals surface area (Å²) in [4.78, 5) is 24.4. The van der Waals surface area contributed by atoms with Crippen LogP contribution in [0.1, 0.15) is 35.8 Å². The van der Waals surface area contributed by atoms with Gasteiger partial charge >= 0.3 is 25.0 Å². The summed E-state index contributed by atoms with van der Waals surface area (Å²) in [7, 11) is 0. The van der Waals surface area contributed by atoms with E-state index in [-0.39, 0.29) is 35.4 Å². The van der Waals surface area contributed by atoms with Crippen molar-refractivity contribution in [3.63, 3.8) is 0 Å². The number of carbonyl (C=O) groups excluding carboxylic acids is 2. The first kappa shape index (κ1) is 21.9. The molecule has 0 saturated heterocycles. The first-order chi connectivity index (χ1) is 15.3. The molecule has 6 nitrogen and oxygen atoms in total. The predicted molar refractivity (Wildman–Crippen MR) is 105 cm³/mol. The van der Waals surface area contributed by atoms with Gasteiger partial charge in [-0.1, -0.05) is 24.3 Å². The van der Waals surface area contributed by atoms with Gasteiger partial charge in [0.05, 0.1) is 0 Å². The standard InChI is InChI=1S/C22H20F4N2O4/c23-21(24)31-13-5-1-11(2-6-13)15-9-17(15)27-19(29)20(30)28-18-10-16(18)12-3-7-14(8-4-12)32-22(25)26/h1-8,15-18,21-22H,9-10H2,(H,27,29)(H,28,30)/t15-,16-,17+,18+/m0/s1. The molecule has 4 atom stereocenters. The molecule has 0 unspecified atom stereocenters. The van der Waals surface area contributed by atoms with Gasteiger partial charge in [0.1, 0.15) is 11.5 Å². The van der Waals surface area contributed by atoms with Crippen LogP contribution in [0.25, 0.3) is 0 Å². The van der Waals surface area contributed by atoms with Crippen molar-refractivity contribution in [3.8, 4) is 11.5 Å². The maximum Gasteiger partial charge on any atom is 0.387 e. The number of hydrogen-bond acceptors (Lipinski definition) is 4. The molecule has 2 N–H and O–H groups in total. The van der Waals surface area contributed by atoms with Crippen LogP contribution in [0.15, 0.2) is 48.5 Å². The van der Waals surface area contributed by atoms with Crippen LogP contribution in [0.2, 0.25) is 0 Å². The molecule has 2 fully saturated rings. The molecule has 2 aliphatic carbocycles. The molecule has 2 amide bonds. The molecular weight excluding hydrogens is 432 g/mol. The summed E-state index contributed by atoms with van der Waals surface area (Å²) in [6.07, 6.45) is 1.29. The molecule has 0 bridgehead atoms. The van der Waals surface area contributed by atoms with Gasteiger partial charge in [-0.15, -0.1) is 0 Å². The topological polar surface area (TPSA) is 76.7 Å². The quantitative estimate of drug-likeness (QED) is 0.475. The fourth-order valence-corrected chi connectivity index (χ4v) is 3.71. The fraction of sp³-hybridized carbons (Fsp3) is 0.364. The van der Waals surface area contributed by atoms with E-state index in [1.807, 2.05) is 0 Å². The monoisotopic (exact) mass is 452 g/mol. The van der Waals surface area contributed by atoms with Crippen molar-refractivity contribution >= 4 is 11.8 Å². The lowest BCUT2D eigenvalue weighted by Gasteiger charge is -2.08. The molecule has 32 heavy (non-hydrogen) atoms.